The molecule has 0 N–H and O–H groups in total. The monoisotopic (exact) mass is 1090 g/mol. The number of aromatic nitrogens is 10. The molecule has 0 aliphatic rings. The van der Waals surface area contributed by atoms with E-state index in [1.807, 2.05) is 110 Å². The number of aryl methyl sites for hydroxylation is 1. The minimum absolute atomic E-state index is 0.350. The summed E-state index contributed by atoms with van der Waals surface area (Å²) in [6.07, 6.45) is 5.53. The first-order chi connectivity index (χ1) is 42.1. The summed E-state index contributed by atoms with van der Waals surface area (Å²) in [5.74, 6) is 1.28. The SMILES string of the molecule is Cc1ccc2c(c1)c1ccccc1n2-c1ccc(-c2c(C#N)c(-n3c4ccccc4c4ncccc43)c(-c3nc(-c4ccccc4)nc(-c4ccccc4)n3)c(-n3c4ccccc4c4ncccc43)c2-n2c3ccccc3c3ncccc32)cc1. The Bertz CT molecular complexity index is 5410. The molecule has 0 amide bonds. The molecule has 8 aromatic heterocycles. The molecular formula is C74H45N11. The lowest BCUT2D eigenvalue weighted by Gasteiger charge is -2.28. The van der Waals surface area contributed by atoms with Gasteiger partial charge in [0.15, 0.2) is 17.5 Å². The Morgan fingerprint density at radius 2 is 0.718 bits per heavy atom. The third-order valence-corrected chi connectivity index (χ3v) is 16.7. The maximum absolute atomic E-state index is 12.8. The van der Waals surface area contributed by atoms with E-state index < -0.39 is 0 Å². The van der Waals surface area contributed by atoms with E-state index in [-0.39, 0.29) is 0 Å². The molecule has 0 fully saturated rings. The first-order valence-electron chi connectivity index (χ1n) is 28.3. The Labute approximate surface area is 485 Å². The summed E-state index contributed by atoms with van der Waals surface area (Å²) in [5, 5.41) is 18.0. The number of nitrogens with zero attached hydrogens (tertiary/aromatic N) is 11. The maximum Gasteiger partial charge on any atom is 0.168 e. The first kappa shape index (κ1) is 47.9. The zero-order valence-electron chi connectivity index (χ0n) is 45.7. The van der Waals surface area contributed by atoms with Crippen molar-refractivity contribution in [2.75, 3.05) is 0 Å². The highest BCUT2D eigenvalue weighted by molar-refractivity contribution is 6.15. The number of hydrogen-bond acceptors (Lipinski definition) is 7. The molecule has 0 bridgehead atoms. The second-order valence-electron chi connectivity index (χ2n) is 21.4. The van der Waals surface area contributed by atoms with Gasteiger partial charge in [-0.25, -0.2) is 15.0 Å². The highest BCUT2D eigenvalue weighted by Crippen LogP contribution is 2.51. The molecule has 0 spiro atoms. The van der Waals surface area contributed by atoms with Crippen LogP contribution in [0, 0.1) is 18.3 Å². The van der Waals surface area contributed by atoms with Crippen molar-refractivity contribution in [2.24, 2.45) is 0 Å². The van der Waals surface area contributed by atoms with Crippen LogP contribution in [0.2, 0.25) is 0 Å². The molecule has 85 heavy (non-hydrogen) atoms. The standard InChI is InChI=1S/C74H45N11/c1-45-34-39-60-54(43-45)50-23-8-12-27-56(50)82(60)49-37-35-46(36-38-49)64-55(44-75)69(83-57-28-13-9-24-51(57)66-61(83)31-16-40-76-66)65(74-80-72(47-19-4-2-5-20-47)79-73(81-74)48-21-6-3-7-22-48)71(85-59-30-15-11-26-53(59)68-63(85)33-18-42-78-68)70(64)84-58-29-14-10-25-52(58)67-62(84)32-17-41-77-67/h2-43H,1H3. The van der Waals surface area contributed by atoms with Crippen LogP contribution in [-0.2, 0) is 0 Å². The van der Waals surface area contributed by atoms with Crippen LogP contribution in [0.3, 0.4) is 0 Å². The summed E-state index contributed by atoms with van der Waals surface area (Å²) < 4.78 is 9.18. The normalized spacial score (nSPS) is 11.8. The van der Waals surface area contributed by atoms with Crippen LogP contribution in [0.5, 0.6) is 0 Å². The molecule has 0 atom stereocenters. The Morgan fingerprint density at radius 1 is 0.318 bits per heavy atom. The van der Waals surface area contributed by atoms with Gasteiger partial charge < -0.3 is 18.3 Å². The van der Waals surface area contributed by atoms with E-state index in [2.05, 4.69) is 177 Å². The average molecular weight is 1090 g/mol. The quantitative estimate of drug-likeness (QED) is 0.149. The van der Waals surface area contributed by atoms with Crippen molar-refractivity contribution in [2.45, 2.75) is 6.92 Å². The summed E-state index contributed by atoms with van der Waals surface area (Å²) in [6, 6.07) is 84.4. The predicted molar refractivity (Wildman–Crippen MR) is 342 cm³/mol. The molecule has 0 saturated heterocycles. The Kier molecular flexibility index (Phi) is 10.6. The van der Waals surface area contributed by atoms with Gasteiger partial charge in [0.1, 0.15) is 6.07 Å². The highest BCUT2D eigenvalue weighted by atomic mass is 15.1. The van der Waals surface area contributed by atoms with Crippen LogP contribution in [0.1, 0.15) is 11.1 Å². The van der Waals surface area contributed by atoms with Gasteiger partial charge in [-0.1, -0.05) is 157 Å². The maximum atomic E-state index is 12.8. The first-order valence-corrected chi connectivity index (χ1v) is 28.3. The number of rotatable bonds is 8. The van der Waals surface area contributed by atoms with E-state index in [1.54, 1.807) is 0 Å². The third-order valence-electron chi connectivity index (χ3n) is 16.7. The van der Waals surface area contributed by atoms with Gasteiger partial charge in [-0.2, -0.15) is 5.26 Å². The molecule has 0 aliphatic carbocycles. The molecule has 11 nitrogen and oxygen atoms in total. The van der Waals surface area contributed by atoms with Gasteiger partial charge in [0, 0.05) is 67.9 Å². The van der Waals surface area contributed by atoms with Gasteiger partial charge in [0.2, 0.25) is 0 Å². The van der Waals surface area contributed by atoms with Gasteiger partial charge in [-0.05, 0) is 97.4 Å². The van der Waals surface area contributed by atoms with E-state index >= 15 is 0 Å². The van der Waals surface area contributed by atoms with Gasteiger partial charge in [0.05, 0.1) is 88.9 Å². The van der Waals surface area contributed by atoms with E-state index in [9.17, 15) is 5.26 Å². The highest BCUT2D eigenvalue weighted by Gasteiger charge is 2.36. The number of para-hydroxylation sites is 4. The van der Waals surface area contributed by atoms with Crippen molar-refractivity contribution in [3.05, 3.63) is 266 Å². The molecule has 17 rings (SSSR count). The van der Waals surface area contributed by atoms with E-state index in [0.717, 1.165) is 99.2 Å². The van der Waals surface area contributed by atoms with Crippen LogP contribution < -0.4 is 0 Å². The Balaban J connectivity index is 1.14. The van der Waals surface area contributed by atoms with Crippen molar-refractivity contribution in [3.8, 4) is 74.1 Å². The number of hydrogen-bond donors (Lipinski definition) is 0. The van der Waals surface area contributed by atoms with Crippen molar-refractivity contribution in [3.63, 3.8) is 0 Å². The molecule has 8 heterocycles. The number of fused-ring (bicyclic) bond motifs is 12. The average Bonchev–Trinajstić information content (AvgIpc) is 2.75. The van der Waals surface area contributed by atoms with Crippen LogP contribution in [-0.4, -0.2) is 48.2 Å². The molecule has 17 aromatic rings. The topological polar surface area (TPSA) is 121 Å². The zero-order chi connectivity index (χ0) is 56.3. The molecule has 0 unspecified atom stereocenters. The number of nitriles is 1. The van der Waals surface area contributed by atoms with Crippen molar-refractivity contribution < 1.29 is 0 Å². The predicted octanol–water partition coefficient (Wildman–Crippen LogP) is 17.3. The molecule has 396 valence electrons. The summed E-state index contributed by atoms with van der Waals surface area (Å²) in [7, 11) is 0. The fourth-order valence-corrected chi connectivity index (χ4v) is 13.1. The minimum atomic E-state index is 0.350. The number of pyridine rings is 3. The van der Waals surface area contributed by atoms with Crippen molar-refractivity contribution in [1.82, 2.24) is 48.2 Å². The lowest BCUT2D eigenvalue weighted by Crippen LogP contribution is -2.15. The zero-order valence-corrected chi connectivity index (χ0v) is 45.7. The smallest absolute Gasteiger partial charge is 0.168 e. The van der Waals surface area contributed by atoms with E-state index in [4.69, 9.17) is 29.9 Å². The summed E-state index contributed by atoms with van der Waals surface area (Å²) in [6.45, 7) is 2.14. The molecule has 11 heteroatoms. The van der Waals surface area contributed by atoms with Crippen LogP contribution in [0.15, 0.2) is 255 Å². The van der Waals surface area contributed by atoms with Crippen molar-refractivity contribution in [1.29, 1.82) is 5.26 Å². The molecule has 9 aromatic carbocycles. The second-order valence-corrected chi connectivity index (χ2v) is 21.4. The van der Waals surface area contributed by atoms with Gasteiger partial charge in [-0.3, -0.25) is 15.0 Å². The fourth-order valence-electron chi connectivity index (χ4n) is 13.1. The van der Waals surface area contributed by atoms with Gasteiger partial charge >= 0.3 is 0 Å². The summed E-state index contributed by atoms with van der Waals surface area (Å²) in [5.41, 5.74) is 17.9. The molecular weight excluding hydrogens is 1040 g/mol. The summed E-state index contributed by atoms with van der Waals surface area (Å²) >= 11 is 0. The van der Waals surface area contributed by atoms with Crippen LogP contribution in [0.4, 0.5) is 0 Å². The van der Waals surface area contributed by atoms with Gasteiger partial charge in [0.25, 0.3) is 0 Å². The minimum Gasteiger partial charge on any atom is -0.309 e. The largest absolute Gasteiger partial charge is 0.309 e. The third kappa shape index (κ3) is 7.19. The molecule has 0 aliphatic heterocycles. The van der Waals surface area contributed by atoms with Crippen LogP contribution >= 0.6 is 0 Å². The van der Waals surface area contributed by atoms with E-state index in [1.165, 1.54) is 16.3 Å². The Hall–Kier alpha value is -11.9. The lowest BCUT2D eigenvalue weighted by molar-refractivity contribution is 1.03. The summed E-state index contributed by atoms with van der Waals surface area (Å²) in [4.78, 5) is 32.0. The van der Waals surface area contributed by atoms with Gasteiger partial charge in [-0.15, -0.1) is 0 Å². The Morgan fingerprint density at radius 3 is 1.21 bits per heavy atom. The molecule has 0 radical (unpaired) electrons. The molecule has 0 saturated carbocycles. The number of benzene rings is 9. The van der Waals surface area contributed by atoms with Crippen molar-refractivity contribution >= 4 is 87.6 Å². The fraction of sp³-hybridized carbons (Fsp3) is 0.0135. The lowest BCUT2D eigenvalue weighted by atomic mass is 9.90. The van der Waals surface area contributed by atoms with Crippen LogP contribution in [0.25, 0.3) is 156 Å². The van der Waals surface area contributed by atoms with E-state index in [0.29, 0.717) is 51.2 Å². The second kappa shape index (κ2) is 18.9.